The molecule has 3 N–H and O–H groups in total. The van der Waals surface area contributed by atoms with Crippen molar-refractivity contribution in [1.29, 1.82) is 0 Å². The number of nitrogens with one attached hydrogen (secondary N) is 2. The number of anilines is 2. The lowest BCUT2D eigenvalue weighted by atomic mass is 9.61. The fourth-order valence-electron chi connectivity index (χ4n) is 6.34. The van der Waals surface area contributed by atoms with Crippen LogP contribution < -0.4 is 29.6 Å². The average molecular weight is 653 g/mol. The van der Waals surface area contributed by atoms with Gasteiger partial charge in [-0.25, -0.2) is 0 Å². The summed E-state index contributed by atoms with van der Waals surface area (Å²) in [4.78, 5) is 42.2. The summed E-state index contributed by atoms with van der Waals surface area (Å²) in [6, 6.07) is 28.7. The fraction of sp³-hybridized carbons (Fsp3) is 0.289. The van der Waals surface area contributed by atoms with Crippen LogP contribution in [0.4, 0.5) is 11.4 Å². The van der Waals surface area contributed by atoms with E-state index in [0.29, 0.717) is 53.0 Å². The van der Waals surface area contributed by atoms with E-state index < -0.39 is 47.4 Å². The number of carbonyl (C=O) groups excluding carboxylic acids is 3. The van der Waals surface area contributed by atoms with Gasteiger partial charge in [-0.1, -0.05) is 60.7 Å². The highest BCUT2D eigenvalue weighted by Crippen LogP contribution is 2.48. The summed E-state index contributed by atoms with van der Waals surface area (Å²) in [5, 5.41) is 17.5. The summed E-state index contributed by atoms with van der Waals surface area (Å²) >= 11 is 0. The Labute approximate surface area is 280 Å². The number of amides is 2. The second kappa shape index (κ2) is 15.0. The van der Waals surface area contributed by atoms with Crippen LogP contribution in [0, 0.1) is 11.8 Å². The van der Waals surface area contributed by atoms with E-state index in [2.05, 4.69) is 10.6 Å². The zero-order valence-electron chi connectivity index (χ0n) is 27.4. The Morgan fingerprint density at radius 3 is 1.92 bits per heavy atom. The molecule has 4 aromatic rings. The smallest absolute Gasteiger partial charge is 0.235 e. The Kier molecular flexibility index (Phi) is 10.7. The van der Waals surface area contributed by atoms with E-state index in [4.69, 9.17) is 18.9 Å². The summed E-state index contributed by atoms with van der Waals surface area (Å²) in [7, 11) is 4.45. The number of rotatable bonds is 12. The molecule has 0 radical (unpaired) electrons. The van der Waals surface area contributed by atoms with Crippen LogP contribution in [-0.4, -0.2) is 56.2 Å². The van der Waals surface area contributed by atoms with E-state index in [0.717, 1.165) is 5.56 Å². The molecule has 4 unspecified atom stereocenters. The second-order valence-electron chi connectivity index (χ2n) is 11.9. The van der Waals surface area contributed by atoms with Crippen LogP contribution in [0.3, 0.4) is 0 Å². The molecule has 0 heterocycles. The van der Waals surface area contributed by atoms with Crippen LogP contribution >= 0.6 is 0 Å². The van der Waals surface area contributed by atoms with Gasteiger partial charge in [0.2, 0.25) is 11.8 Å². The molecule has 1 aliphatic carbocycles. The highest BCUT2D eigenvalue weighted by Gasteiger charge is 2.56. The molecule has 1 saturated carbocycles. The molecule has 0 bridgehead atoms. The van der Waals surface area contributed by atoms with E-state index in [1.54, 1.807) is 66.7 Å². The van der Waals surface area contributed by atoms with E-state index in [9.17, 15) is 19.5 Å². The molecule has 5 rings (SSSR count). The van der Waals surface area contributed by atoms with Crippen LogP contribution in [-0.2, 0) is 20.8 Å². The summed E-state index contributed by atoms with van der Waals surface area (Å²) in [6.45, 7) is 1.82. The maximum atomic E-state index is 14.2. The number of para-hydroxylation sites is 4. The first kappa shape index (κ1) is 34.0. The zero-order chi connectivity index (χ0) is 34.3. The number of carbonyl (C=O) groups is 3. The Morgan fingerprint density at radius 2 is 1.31 bits per heavy atom. The van der Waals surface area contributed by atoms with Gasteiger partial charge in [0.1, 0.15) is 23.2 Å². The molecule has 0 aromatic heterocycles. The molecule has 0 aliphatic heterocycles. The van der Waals surface area contributed by atoms with Crippen LogP contribution in [0.1, 0.15) is 30.4 Å². The highest BCUT2D eigenvalue weighted by molar-refractivity contribution is 6.11. The van der Waals surface area contributed by atoms with E-state index in [1.165, 1.54) is 28.3 Å². The minimum atomic E-state index is -1.81. The van der Waals surface area contributed by atoms with Crippen LogP contribution in [0.5, 0.6) is 23.0 Å². The maximum Gasteiger partial charge on any atom is 0.235 e. The van der Waals surface area contributed by atoms with Gasteiger partial charge >= 0.3 is 0 Å². The molecule has 48 heavy (non-hydrogen) atoms. The monoisotopic (exact) mass is 652 g/mol. The maximum absolute atomic E-state index is 14.2. The lowest BCUT2D eigenvalue weighted by Crippen LogP contribution is -2.56. The lowest BCUT2D eigenvalue weighted by molar-refractivity contribution is -0.150. The first-order valence-electron chi connectivity index (χ1n) is 15.6. The fourth-order valence-corrected chi connectivity index (χ4v) is 6.34. The standard InChI is InChI=1S/C38H40N2O8/c1-38(44)23-28(41)34(36(42)39-26-14-8-10-16-29(26)45-2)33(35(38)37(43)40-27-15-9-11-17-30(27)46-3)25-18-19-31(32(22-25)47-4)48-21-20-24-12-6-5-7-13-24/h5-19,22,33-35,44H,20-21,23H2,1-4H3,(H,39,42)(H,40,43). The van der Waals surface area contributed by atoms with E-state index >= 15 is 0 Å². The minimum absolute atomic E-state index is 0.353. The van der Waals surface area contributed by atoms with Crippen molar-refractivity contribution in [1.82, 2.24) is 0 Å². The second-order valence-corrected chi connectivity index (χ2v) is 11.9. The van der Waals surface area contributed by atoms with Crippen molar-refractivity contribution in [2.45, 2.75) is 31.3 Å². The van der Waals surface area contributed by atoms with Crippen molar-refractivity contribution in [2.75, 3.05) is 38.6 Å². The third kappa shape index (κ3) is 7.44. The van der Waals surface area contributed by atoms with Gasteiger partial charge in [0.25, 0.3) is 0 Å². The molecule has 0 spiro atoms. The predicted molar refractivity (Wildman–Crippen MR) is 182 cm³/mol. The van der Waals surface area contributed by atoms with Gasteiger partial charge in [0, 0.05) is 18.8 Å². The van der Waals surface area contributed by atoms with E-state index in [-0.39, 0.29) is 0 Å². The summed E-state index contributed by atoms with van der Waals surface area (Å²) in [6.07, 6.45) is 0.247. The molecule has 4 atom stereocenters. The molecule has 10 nitrogen and oxygen atoms in total. The summed E-state index contributed by atoms with van der Waals surface area (Å²) < 4.78 is 22.6. The van der Waals surface area contributed by atoms with Gasteiger partial charge in [0.05, 0.1) is 50.8 Å². The third-order valence-electron chi connectivity index (χ3n) is 8.63. The number of hydrogen-bond donors (Lipinski definition) is 3. The molecular formula is C38H40N2O8. The number of ketones is 1. The van der Waals surface area contributed by atoms with Crippen molar-refractivity contribution in [2.24, 2.45) is 11.8 Å². The van der Waals surface area contributed by atoms with Crippen LogP contribution in [0.2, 0.25) is 0 Å². The summed E-state index contributed by atoms with van der Waals surface area (Å²) in [5.74, 6) is -3.80. The number of Topliss-reactive ketones (excluding diaryl/α,β-unsaturated/α-hetero) is 1. The van der Waals surface area contributed by atoms with Gasteiger partial charge in [0.15, 0.2) is 11.5 Å². The third-order valence-corrected chi connectivity index (χ3v) is 8.63. The largest absolute Gasteiger partial charge is 0.495 e. The number of benzene rings is 4. The molecule has 1 fully saturated rings. The Bertz CT molecular complexity index is 1760. The molecule has 2 amide bonds. The molecule has 1 aliphatic rings. The Balaban J connectivity index is 1.54. The van der Waals surface area contributed by atoms with Crippen LogP contribution in [0.15, 0.2) is 97.1 Å². The van der Waals surface area contributed by atoms with Crippen LogP contribution in [0.25, 0.3) is 0 Å². The quantitative estimate of drug-likeness (QED) is 0.167. The van der Waals surface area contributed by atoms with E-state index in [1.807, 2.05) is 30.3 Å². The predicted octanol–water partition coefficient (Wildman–Crippen LogP) is 5.65. The lowest BCUT2D eigenvalue weighted by Gasteiger charge is -2.44. The van der Waals surface area contributed by atoms with Gasteiger partial charge in [-0.2, -0.15) is 0 Å². The molecule has 4 aromatic carbocycles. The number of methoxy groups -OCH3 is 3. The van der Waals surface area contributed by atoms with Crippen molar-refractivity contribution < 1.29 is 38.4 Å². The first-order valence-corrected chi connectivity index (χ1v) is 15.6. The summed E-state index contributed by atoms with van der Waals surface area (Å²) in [5.41, 5.74) is 0.488. The normalized spacial score (nSPS) is 20.4. The molecular weight excluding hydrogens is 612 g/mol. The van der Waals surface area contributed by atoms with Crippen molar-refractivity contribution in [3.8, 4) is 23.0 Å². The molecule has 250 valence electrons. The number of ether oxygens (including phenoxy) is 4. The van der Waals surface area contributed by atoms with Crippen molar-refractivity contribution >= 4 is 29.0 Å². The number of hydrogen-bond acceptors (Lipinski definition) is 8. The Hall–Kier alpha value is -5.35. The topological polar surface area (TPSA) is 132 Å². The van der Waals surface area contributed by atoms with Crippen molar-refractivity contribution in [3.63, 3.8) is 0 Å². The SMILES string of the molecule is COc1ccccc1NC(=O)C1C(=O)CC(C)(O)C(C(=O)Nc2ccccc2OC)C1c1ccc(OCCc2ccccc2)c(OC)c1. The molecule has 0 saturated heterocycles. The van der Waals surface area contributed by atoms with Gasteiger partial charge < -0.3 is 34.7 Å². The highest BCUT2D eigenvalue weighted by atomic mass is 16.5. The van der Waals surface area contributed by atoms with Crippen molar-refractivity contribution in [3.05, 3.63) is 108 Å². The first-order chi connectivity index (χ1) is 23.2. The van der Waals surface area contributed by atoms with Gasteiger partial charge in [-0.15, -0.1) is 0 Å². The van der Waals surface area contributed by atoms with Gasteiger partial charge in [-0.3, -0.25) is 14.4 Å². The number of aliphatic hydroxyl groups is 1. The minimum Gasteiger partial charge on any atom is -0.495 e. The van der Waals surface area contributed by atoms with Gasteiger partial charge in [-0.05, 0) is 54.4 Å². The Morgan fingerprint density at radius 1 is 0.750 bits per heavy atom. The molecule has 10 heteroatoms. The zero-order valence-corrected chi connectivity index (χ0v) is 27.4. The average Bonchev–Trinajstić information content (AvgIpc) is 3.08.